The first kappa shape index (κ1) is 24.2. The van der Waals surface area contributed by atoms with Crippen LogP contribution in [0.2, 0.25) is 0 Å². The van der Waals surface area contributed by atoms with Crippen LogP contribution in [-0.4, -0.2) is 23.4 Å². The van der Waals surface area contributed by atoms with Crippen LogP contribution in [0.25, 0.3) is 0 Å². The van der Waals surface area contributed by atoms with E-state index in [1.54, 1.807) is 6.92 Å². The Labute approximate surface area is 140 Å². The van der Waals surface area contributed by atoms with Gasteiger partial charge >= 0.3 is 0 Å². The molecule has 0 bridgehead atoms. The lowest BCUT2D eigenvalue weighted by molar-refractivity contribution is 0.204. The summed E-state index contributed by atoms with van der Waals surface area (Å²) < 4.78 is 0. The summed E-state index contributed by atoms with van der Waals surface area (Å²) in [4.78, 5) is 0. The average molecular weight is 317 g/mol. The van der Waals surface area contributed by atoms with Gasteiger partial charge in [-0.05, 0) is 25.7 Å². The number of hydrogen-bond acceptors (Lipinski definition) is 2. The van der Waals surface area contributed by atoms with Crippen molar-refractivity contribution in [2.45, 2.75) is 111 Å². The van der Waals surface area contributed by atoms with Gasteiger partial charge in [0, 0.05) is 13.2 Å². The summed E-state index contributed by atoms with van der Waals surface area (Å²) in [5.74, 6) is 0.581. The lowest BCUT2D eigenvalue weighted by Gasteiger charge is -2.13. The van der Waals surface area contributed by atoms with Gasteiger partial charge in [-0.15, -0.1) is 0 Å². The van der Waals surface area contributed by atoms with E-state index in [1.807, 2.05) is 0 Å². The summed E-state index contributed by atoms with van der Waals surface area (Å²) in [7, 11) is 0. The van der Waals surface area contributed by atoms with Gasteiger partial charge in [0.1, 0.15) is 0 Å². The van der Waals surface area contributed by atoms with Crippen LogP contribution >= 0.6 is 0 Å². The number of unbranched alkanes of at least 4 members (excludes halogenated alkanes) is 10. The summed E-state index contributed by atoms with van der Waals surface area (Å²) in [5.41, 5.74) is 0. The first-order chi connectivity index (χ1) is 10.8. The van der Waals surface area contributed by atoms with E-state index in [2.05, 4.69) is 13.8 Å². The standard InChI is InChI=1S/C18H38O.C2H6O/c1-3-5-7-9-10-12-14-16-18(17-19)15-13-11-8-6-4-2;1-2-3/h18-19H,3-17H2,1-2H3;3H,2H2,1H3. The van der Waals surface area contributed by atoms with Crippen molar-refractivity contribution >= 4 is 0 Å². The molecule has 2 nitrogen and oxygen atoms in total. The van der Waals surface area contributed by atoms with Gasteiger partial charge in [-0.1, -0.05) is 90.9 Å². The molecule has 0 aliphatic carbocycles. The molecule has 136 valence electrons. The second-order valence-corrected chi connectivity index (χ2v) is 6.48. The second-order valence-electron chi connectivity index (χ2n) is 6.48. The molecule has 0 rings (SSSR count). The van der Waals surface area contributed by atoms with Crippen LogP contribution in [0.15, 0.2) is 0 Å². The van der Waals surface area contributed by atoms with Crippen molar-refractivity contribution < 1.29 is 10.2 Å². The van der Waals surface area contributed by atoms with Crippen molar-refractivity contribution in [3.05, 3.63) is 0 Å². The van der Waals surface area contributed by atoms with Gasteiger partial charge < -0.3 is 10.2 Å². The predicted octanol–water partition coefficient (Wildman–Crippen LogP) is 6.09. The van der Waals surface area contributed by atoms with Crippen LogP contribution in [-0.2, 0) is 0 Å². The molecular weight excluding hydrogens is 272 g/mol. The molecule has 0 aliphatic rings. The van der Waals surface area contributed by atoms with Gasteiger partial charge in [0.15, 0.2) is 0 Å². The van der Waals surface area contributed by atoms with Crippen molar-refractivity contribution in [2.24, 2.45) is 5.92 Å². The van der Waals surface area contributed by atoms with E-state index in [9.17, 15) is 5.11 Å². The molecule has 0 aromatic carbocycles. The van der Waals surface area contributed by atoms with Crippen molar-refractivity contribution in [2.75, 3.05) is 13.2 Å². The van der Waals surface area contributed by atoms with E-state index in [1.165, 1.54) is 89.9 Å². The van der Waals surface area contributed by atoms with Gasteiger partial charge in [0.05, 0.1) is 0 Å². The van der Waals surface area contributed by atoms with E-state index in [-0.39, 0.29) is 6.61 Å². The summed E-state index contributed by atoms with van der Waals surface area (Å²) >= 11 is 0. The van der Waals surface area contributed by atoms with Gasteiger partial charge in [-0.3, -0.25) is 0 Å². The minimum Gasteiger partial charge on any atom is -0.397 e. The maximum atomic E-state index is 9.40. The first-order valence-electron chi connectivity index (χ1n) is 9.98. The zero-order valence-electron chi connectivity index (χ0n) is 15.8. The quantitative estimate of drug-likeness (QED) is 0.359. The van der Waals surface area contributed by atoms with Crippen LogP contribution < -0.4 is 0 Å². The lowest BCUT2D eigenvalue weighted by Crippen LogP contribution is -2.06. The smallest absolute Gasteiger partial charge is 0.0459 e. The van der Waals surface area contributed by atoms with Crippen molar-refractivity contribution in [1.82, 2.24) is 0 Å². The zero-order valence-corrected chi connectivity index (χ0v) is 15.8. The summed E-state index contributed by atoms with van der Waals surface area (Å²) in [5, 5.41) is 17.0. The maximum absolute atomic E-state index is 9.40. The maximum Gasteiger partial charge on any atom is 0.0459 e. The molecule has 0 aromatic rings. The molecule has 0 aromatic heterocycles. The molecular formula is C20H44O2. The molecule has 0 spiro atoms. The third kappa shape index (κ3) is 22.2. The molecule has 0 heterocycles. The second kappa shape index (κ2) is 23.2. The average Bonchev–Trinajstić information content (AvgIpc) is 2.52. The van der Waals surface area contributed by atoms with Crippen molar-refractivity contribution in [1.29, 1.82) is 0 Å². The molecule has 0 radical (unpaired) electrons. The first-order valence-corrected chi connectivity index (χ1v) is 9.98. The van der Waals surface area contributed by atoms with Gasteiger partial charge in [-0.2, -0.15) is 0 Å². The number of rotatable bonds is 15. The Morgan fingerprint density at radius 3 is 1.18 bits per heavy atom. The molecule has 22 heavy (non-hydrogen) atoms. The third-order valence-corrected chi connectivity index (χ3v) is 4.19. The highest BCUT2D eigenvalue weighted by atomic mass is 16.3. The van der Waals surface area contributed by atoms with Gasteiger partial charge in [-0.25, -0.2) is 0 Å². The lowest BCUT2D eigenvalue weighted by atomic mass is 9.95. The Hall–Kier alpha value is -0.0800. The van der Waals surface area contributed by atoms with Crippen LogP contribution in [0.4, 0.5) is 0 Å². The molecule has 0 saturated carbocycles. The number of hydrogen-bond donors (Lipinski definition) is 2. The summed E-state index contributed by atoms with van der Waals surface area (Å²) in [6, 6.07) is 0. The van der Waals surface area contributed by atoms with Crippen LogP contribution in [0.3, 0.4) is 0 Å². The summed E-state index contributed by atoms with van der Waals surface area (Å²) in [6.45, 7) is 6.87. The Morgan fingerprint density at radius 2 is 0.864 bits per heavy atom. The van der Waals surface area contributed by atoms with Crippen LogP contribution in [0.1, 0.15) is 111 Å². The molecule has 1 atom stereocenters. The Bertz CT molecular complexity index is 171. The fourth-order valence-corrected chi connectivity index (χ4v) is 2.75. The van der Waals surface area contributed by atoms with E-state index >= 15 is 0 Å². The van der Waals surface area contributed by atoms with E-state index in [0.717, 1.165) is 0 Å². The van der Waals surface area contributed by atoms with Crippen LogP contribution in [0, 0.1) is 5.92 Å². The minimum atomic E-state index is 0.250. The molecule has 2 N–H and O–H groups in total. The summed E-state index contributed by atoms with van der Waals surface area (Å²) in [6.07, 6.45) is 18.9. The van der Waals surface area contributed by atoms with Crippen molar-refractivity contribution in [3.63, 3.8) is 0 Å². The Kier molecular flexibility index (Phi) is 25.5. The fraction of sp³-hybridized carbons (Fsp3) is 1.00. The molecule has 1 unspecified atom stereocenters. The van der Waals surface area contributed by atoms with E-state index < -0.39 is 0 Å². The highest BCUT2D eigenvalue weighted by Crippen LogP contribution is 2.18. The zero-order chi connectivity index (χ0) is 16.9. The van der Waals surface area contributed by atoms with E-state index in [4.69, 9.17) is 5.11 Å². The van der Waals surface area contributed by atoms with Gasteiger partial charge in [0.2, 0.25) is 0 Å². The highest BCUT2D eigenvalue weighted by molar-refractivity contribution is 4.59. The molecule has 0 aliphatic heterocycles. The molecule has 0 saturated heterocycles. The topological polar surface area (TPSA) is 40.5 Å². The number of aliphatic hydroxyl groups excluding tert-OH is 2. The predicted molar refractivity (Wildman–Crippen MR) is 99.3 cm³/mol. The number of aliphatic hydroxyl groups is 2. The fourth-order valence-electron chi connectivity index (χ4n) is 2.75. The Balaban J connectivity index is 0. The van der Waals surface area contributed by atoms with Crippen molar-refractivity contribution in [3.8, 4) is 0 Å². The SMILES string of the molecule is CCCCCCCCCC(CO)CCCCCCC.CCO. The van der Waals surface area contributed by atoms with E-state index in [0.29, 0.717) is 12.5 Å². The highest BCUT2D eigenvalue weighted by Gasteiger charge is 2.06. The molecule has 0 fully saturated rings. The van der Waals surface area contributed by atoms with Crippen LogP contribution in [0.5, 0.6) is 0 Å². The van der Waals surface area contributed by atoms with Gasteiger partial charge in [0.25, 0.3) is 0 Å². The largest absolute Gasteiger partial charge is 0.397 e. The monoisotopic (exact) mass is 316 g/mol. The molecule has 0 amide bonds. The Morgan fingerprint density at radius 1 is 0.545 bits per heavy atom. The normalized spacial score (nSPS) is 11.9. The molecule has 2 heteroatoms. The minimum absolute atomic E-state index is 0.250. The third-order valence-electron chi connectivity index (χ3n) is 4.19.